The number of rotatable bonds is 7. The van der Waals surface area contributed by atoms with E-state index in [2.05, 4.69) is 140 Å². The van der Waals surface area contributed by atoms with E-state index in [1.165, 1.54) is 0 Å². The van der Waals surface area contributed by atoms with Crippen LogP contribution in [-0.4, -0.2) is 15.0 Å². The molecule has 0 aliphatic heterocycles. The molecule has 12 aromatic rings. The van der Waals surface area contributed by atoms with Gasteiger partial charge < -0.3 is 8.83 Å². The number of fused-ring (bicyclic) bond motifs is 6. The molecule has 9 aromatic carbocycles. The summed E-state index contributed by atoms with van der Waals surface area (Å²) in [6.07, 6.45) is 0. The summed E-state index contributed by atoms with van der Waals surface area (Å²) in [6.45, 7) is 0. The van der Waals surface area contributed by atoms with Crippen LogP contribution in [0.4, 0.5) is 0 Å². The zero-order chi connectivity index (χ0) is 41.0. The van der Waals surface area contributed by atoms with Crippen molar-refractivity contribution in [3.05, 3.63) is 212 Å². The topological polar surface area (TPSA) is 65.0 Å². The summed E-state index contributed by atoms with van der Waals surface area (Å²) in [4.78, 5) is 15.5. The Balaban J connectivity index is 1.08. The van der Waals surface area contributed by atoms with E-state index >= 15 is 0 Å². The summed E-state index contributed by atoms with van der Waals surface area (Å²) in [5, 5.41) is 4.28. The number of furan rings is 2. The van der Waals surface area contributed by atoms with Crippen molar-refractivity contribution in [1.29, 1.82) is 0 Å². The minimum atomic E-state index is 0.545. The smallest absolute Gasteiger partial charge is 0.167 e. The van der Waals surface area contributed by atoms with Crippen molar-refractivity contribution in [2.75, 3.05) is 0 Å². The van der Waals surface area contributed by atoms with E-state index in [0.29, 0.717) is 17.5 Å². The minimum absolute atomic E-state index is 0.545. The molecule has 0 bridgehead atoms. The Kier molecular flexibility index (Phi) is 8.42. The molecule has 0 radical (unpaired) electrons. The van der Waals surface area contributed by atoms with Gasteiger partial charge in [-0.3, -0.25) is 0 Å². The summed E-state index contributed by atoms with van der Waals surface area (Å²) in [5.74, 6) is 1.70. The summed E-state index contributed by atoms with van der Waals surface area (Å²) in [7, 11) is 0. The number of hydrogen-bond acceptors (Lipinski definition) is 5. The first kappa shape index (κ1) is 35.5. The van der Waals surface area contributed by atoms with Crippen LogP contribution in [0.5, 0.6) is 0 Å². The van der Waals surface area contributed by atoms with E-state index in [-0.39, 0.29) is 0 Å². The molecular weight excluding hydrogens is 759 g/mol. The molecule has 0 N–H and O–H groups in total. The molecule has 0 saturated heterocycles. The Labute approximate surface area is 357 Å². The van der Waals surface area contributed by atoms with Gasteiger partial charge in [0.2, 0.25) is 0 Å². The second-order valence-corrected chi connectivity index (χ2v) is 15.5. The fraction of sp³-hybridized carbons (Fsp3) is 0. The lowest BCUT2D eigenvalue weighted by atomic mass is 9.84. The lowest BCUT2D eigenvalue weighted by Gasteiger charge is -2.19. The monoisotopic (exact) mass is 793 g/mol. The van der Waals surface area contributed by atoms with E-state index in [1.54, 1.807) is 0 Å². The quantitative estimate of drug-likeness (QED) is 0.161. The number of aromatic nitrogens is 3. The van der Waals surface area contributed by atoms with E-state index in [4.69, 9.17) is 23.8 Å². The van der Waals surface area contributed by atoms with Crippen molar-refractivity contribution >= 4 is 43.9 Å². The van der Waals surface area contributed by atoms with Gasteiger partial charge in [0.15, 0.2) is 17.5 Å². The van der Waals surface area contributed by atoms with Crippen LogP contribution in [0.15, 0.2) is 221 Å². The van der Waals surface area contributed by atoms with Crippen molar-refractivity contribution in [3.8, 4) is 78.7 Å². The molecule has 0 unspecified atom stereocenters. The Morgan fingerprint density at radius 3 is 1.48 bits per heavy atom. The average Bonchev–Trinajstić information content (AvgIpc) is 3.92. The van der Waals surface area contributed by atoms with Crippen LogP contribution in [0, 0.1) is 0 Å². The molecule has 290 valence electrons. The molecule has 3 heterocycles. The zero-order valence-corrected chi connectivity index (χ0v) is 33.4. The molecule has 0 amide bonds. The van der Waals surface area contributed by atoms with Gasteiger partial charge in [-0.15, -0.1) is 0 Å². The van der Waals surface area contributed by atoms with Gasteiger partial charge >= 0.3 is 0 Å². The van der Waals surface area contributed by atoms with Crippen molar-refractivity contribution in [2.24, 2.45) is 0 Å². The van der Waals surface area contributed by atoms with E-state index < -0.39 is 0 Å². The van der Waals surface area contributed by atoms with Gasteiger partial charge in [-0.05, 0) is 93.0 Å². The Morgan fingerprint density at radius 1 is 0.258 bits per heavy atom. The summed E-state index contributed by atoms with van der Waals surface area (Å²) < 4.78 is 12.9. The largest absolute Gasteiger partial charge is 0.456 e. The highest BCUT2D eigenvalue weighted by molar-refractivity contribution is 6.09. The molecule has 5 heteroatoms. The van der Waals surface area contributed by atoms with Gasteiger partial charge in [-0.25, -0.2) is 15.0 Å². The standard InChI is InChI=1S/C57H35N3O2/c1-4-16-36(17-5-1)42-33-48(53(37-18-6-2-7-19-37)49(34-42)40-30-31-45-43-24-10-12-28-50(43)61-52(45)35-40)39-22-14-23-41(32-39)56-58-55(38-20-8-3-9-21-38)59-57(60-56)47-27-15-26-46-44-25-11-13-29-51(44)62-54(46)47/h1-35H. The third-order valence-electron chi connectivity index (χ3n) is 11.7. The highest BCUT2D eigenvalue weighted by Crippen LogP contribution is 2.45. The molecule has 0 saturated carbocycles. The predicted molar refractivity (Wildman–Crippen MR) is 252 cm³/mol. The minimum Gasteiger partial charge on any atom is -0.456 e. The summed E-state index contributed by atoms with van der Waals surface area (Å²) in [6, 6.07) is 73.6. The van der Waals surface area contributed by atoms with Crippen LogP contribution < -0.4 is 0 Å². The molecule has 3 aromatic heterocycles. The molecule has 12 rings (SSSR count). The fourth-order valence-electron chi connectivity index (χ4n) is 8.79. The molecule has 0 aliphatic carbocycles. The zero-order valence-electron chi connectivity index (χ0n) is 33.4. The average molecular weight is 794 g/mol. The first-order chi connectivity index (χ1) is 30.7. The van der Waals surface area contributed by atoms with E-state index in [1.807, 2.05) is 72.8 Å². The Hall–Kier alpha value is -8.41. The second kappa shape index (κ2) is 14.7. The lowest BCUT2D eigenvalue weighted by molar-refractivity contribution is 0.669. The summed E-state index contributed by atoms with van der Waals surface area (Å²) >= 11 is 0. The second-order valence-electron chi connectivity index (χ2n) is 15.5. The van der Waals surface area contributed by atoms with Crippen LogP contribution in [0.2, 0.25) is 0 Å². The first-order valence-corrected chi connectivity index (χ1v) is 20.8. The molecular formula is C57H35N3O2. The maximum Gasteiger partial charge on any atom is 0.167 e. The Morgan fingerprint density at radius 2 is 0.758 bits per heavy atom. The van der Waals surface area contributed by atoms with Gasteiger partial charge in [0.1, 0.15) is 22.3 Å². The van der Waals surface area contributed by atoms with Gasteiger partial charge in [0.05, 0.1) is 5.56 Å². The van der Waals surface area contributed by atoms with Crippen LogP contribution in [0.25, 0.3) is 123 Å². The molecule has 0 fully saturated rings. The van der Waals surface area contributed by atoms with E-state index in [0.717, 1.165) is 105 Å². The Bertz CT molecular complexity index is 3630. The van der Waals surface area contributed by atoms with Gasteiger partial charge in [-0.1, -0.05) is 164 Å². The highest BCUT2D eigenvalue weighted by atomic mass is 16.3. The maximum absolute atomic E-state index is 6.49. The third-order valence-corrected chi connectivity index (χ3v) is 11.7. The van der Waals surface area contributed by atoms with Crippen LogP contribution >= 0.6 is 0 Å². The third kappa shape index (κ3) is 6.14. The fourth-order valence-corrected chi connectivity index (χ4v) is 8.79. The number of para-hydroxylation sites is 3. The number of nitrogens with zero attached hydrogens (tertiary/aromatic N) is 3. The van der Waals surface area contributed by atoms with Crippen molar-refractivity contribution in [2.45, 2.75) is 0 Å². The number of benzene rings is 9. The number of hydrogen-bond donors (Lipinski definition) is 0. The van der Waals surface area contributed by atoms with E-state index in [9.17, 15) is 0 Å². The SMILES string of the molecule is c1ccc(-c2cc(-c3cccc(-c4nc(-c5ccccc5)nc(-c5cccc6c5oc5ccccc56)n4)c3)c(-c3ccccc3)c(-c3ccc4c(c3)oc3ccccc34)c2)cc1. The van der Waals surface area contributed by atoms with Crippen molar-refractivity contribution in [1.82, 2.24) is 15.0 Å². The van der Waals surface area contributed by atoms with Gasteiger partial charge in [0, 0.05) is 32.7 Å². The van der Waals surface area contributed by atoms with Crippen LogP contribution in [0.1, 0.15) is 0 Å². The first-order valence-electron chi connectivity index (χ1n) is 20.8. The molecule has 5 nitrogen and oxygen atoms in total. The van der Waals surface area contributed by atoms with Gasteiger partial charge in [0.25, 0.3) is 0 Å². The maximum atomic E-state index is 6.49. The lowest BCUT2D eigenvalue weighted by Crippen LogP contribution is -2.00. The van der Waals surface area contributed by atoms with Gasteiger partial charge in [-0.2, -0.15) is 0 Å². The summed E-state index contributed by atoms with van der Waals surface area (Å²) in [5.41, 5.74) is 14.7. The molecule has 0 spiro atoms. The molecule has 62 heavy (non-hydrogen) atoms. The van der Waals surface area contributed by atoms with Crippen molar-refractivity contribution < 1.29 is 8.83 Å². The highest BCUT2D eigenvalue weighted by Gasteiger charge is 2.21. The van der Waals surface area contributed by atoms with Crippen LogP contribution in [0.3, 0.4) is 0 Å². The molecule has 0 atom stereocenters. The van der Waals surface area contributed by atoms with Crippen molar-refractivity contribution in [3.63, 3.8) is 0 Å². The normalized spacial score (nSPS) is 11.5. The predicted octanol–water partition coefficient (Wildman–Crippen LogP) is 15.3. The van der Waals surface area contributed by atoms with Crippen LogP contribution in [-0.2, 0) is 0 Å². The molecule has 0 aliphatic rings.